The molecule has 0 unspecified atom stereocenters. The number of hydrogen-bond acceptors (Lipinski definition) is 5. The number of nitrogens with zero attached hydrogens (tertiary/aromatic N) is 4. The van der Waals surface area contributed by atoms with E-state index in [2.05, 4.69) is 20.8 Å². The van der Waals surface area contributed by atoms with E-state index < -0.39 is 17.5 Å². The van der Waals surface area contributed by atoms with Crippen molar-refractivity contribution < 1.29 is 13.9 Å². The van der Waals surface area contributed by atoms with Crippen molar-refractivity contribution in [2.45, 2.75) is 39.5 Å². The maximum Gasteiger partial charge on any atom is 0.408 e. The first-order valence-corrected chi connectivity index (χ1v) is 7.29. The predicted octanol–water partition coefficient (Wildman–Crippen LogP) is 2.54. The molecule has 0 aliphatic heterocycles. The van der Waals surface area contributed by atoms with Crippen molar-refractivity contribution in [3.05, 3.63) is 40.4 Å². The molecule has 1 aromatic carbocycles. The summed E-state index contributed by atoms with van der Waals surface area (Å²) in [7, 11) is 0. The zero-order valence-electron chi connectivity index (χ0n) is 13.0. The molecule has 0 spiro atoms. The van der Waals surface area contributed by atoms with Gasteiger partial charge >= 0.3 is 6.09 Å². The van der Waals surface area contributed by atoms with Crippen LogP contribution in [0.5, 0.6) is 0 Å². The summed E-state index contributed by atoms with van der Waals surface area (Å²) in [6, 6.07) is 4.51. The molecule has 0 aliphatic carbocycles. The van der Waals surface area contributed by atoms with E-state index in [1.165, 1.54) is 10.7 Å². The number of carbonyl (C=O) groups is 1. The quantitative estimate of drug-likeness (QED) is 0.924. The fourth-order valence-corrected chi connectivity index (χ4v) is 1.96. The number of carbonyl (C=O) groups excluding carboxylic acids is 1. The maximum atomic E-state index is 13.5. The van der Waals surface area contributed by atoms with E-state index in [0.29, 0.717) is 11.4 Å². The SMILES string of the molecule is CC(C)(C)OC(=O)NCc1nnnn1Cc1cccc(F)c1Cl. The van der Waals surface area contributed by atoms with E-state index in [1.807, 2.05) is 0 Å². The fraction of sp³-hybridized carbons (Fsp3) is 0.429. The zero-order chi connectivity index (χ0) is 17.0. The lowest BCUT2D eigenvalue weighted by molar-refractivity contribution is 0.0521. The van der Waals surface area contributed by atoms with Crippen molar-refractivity contribution in [2.75, 3.05) is 0 Å². The zero-order valence-corrected chi connectivity index (χ0v) is 13.8. The van der Waals surface area contributed by atoms with E-state index in [4.69, 9.17) is 16.3 Å². The largest absolute Gasteiger partial charge is 0.444 e. The van der Waals surface area contributed by atoms with E-state index in [9.17, 15) is 9.18 Å². The van der Waals surface area contributed by atoms with Crippen LogP contribution >= 0.6 is 11.6 Å². The molecule has 2 rings (SSSR count). The van der Waals surface area contributed by atoms with Gasteiger partial charge in [0, 0.05) is 0 Å². The Balaban J connectivity index is 2.03. The minimum Gasteiger partial charge on any atom is -0.444 e. The fourth-order valence-electron chi connectivity index (χ4n) is 1.77. The highest BCUT2D eigenvalue weighted by molar-refractivity contribution is 6.31. The van der Waals surface area contributed by atoms with Crippen LogP contribution in [0.25, 0.3) is 0 Å². The number of benzene rings is 1. The van der Waals surface area contributed by atoms with Crippen molar-refractivity contribution in [3.8, 4) is 0 Å². The summed E-state index contributed by atoms with van der Waals surface area (Å²) in [5.74, 6) is -0.109. The molecule has 0 saturated heterocycles. The number of amides is 1. The first-order chi connectivity index (χ1) is 10.8. The van der Waals surface area contributed by atoms with Crippen LogP contribution in [0.4, 0.5) is 9.18 Å². The minimum atomic E-state index is -0.592. The van der Waals surface area contributed by atoms with Crippen molar-refractivity contribution in [3.63, 3.8) is 0 Å². The van der Waals surface area contributed by atoms with Gasteiger partial charge in [-0.25, -0.2) is 13.9 Å². The molecule has 0 aliphatic rings. The normalized spacial score (nSPS) is 11.3. The van der Waals surface area contributed by atoms with Crippen LogP contribution in [-0.2, 0) is 17.8 Å². The summed E-state index contributed by atoms with van der Waals surface area (Å²) in [5.41, 5.74) is -0.0528. The highest BCUT2D eigenvalue weighted by Crippen LogP contribution is 2.20. The lowest BCUT2D eigenvalue weighted by atomic mass is 10.2. The number of nitrogens with one attached hydrogen (secondary N) is 1. The number of tetrazole rings is 1. The summed E-state index contributed by atoms with van der Waals surface area (Å²) >= 11 is 5.92. The van der Waals surface area contributed by atoms with E-state index in [-0.39, 0.29) is 18.1 Å². The molecule has 1 amide bonds. The lowest BCUT2D eigenvalue weighted by Gasteiger charge is -2.19. The number of aromatic nitrogens is 4. The number of ether oxygens (including phenoxy) is 1. The molecule has 23 heavy (non-hydrogen) atoms. The first kappa shape index (κ1) is 17.1. The van der Waals surface area contributed by atoms with Crippen LogP contribution in [0.1, 0.15) is 32.2 Å². The van der Waals surface area contributed by atoms with Gasteiger partial charge in [-0.3, -0.25) is 0 Å². The van der Waals surface area contributed by atoms with Crippen LogP contribution < -0.4 is 5.32 Å². The van der Waals surface area contributed by atoms with Crippen LogP contribution in [-0.4, -0.2) is 31.9 Å². The second-order valence-electron chi connectivity index (χ2n) is 5.82. The Bertz CT molecular complexity index is 699. The van der Waals surface area contributed by atoms with E-state index in [0.717, 1.165) is 0 Å². The Morgan fingerprint density at radius 2 is 2.17 bits per heavy atom. The van der Waals surface area contributed by atoms with Gasteiger partial charge in [0.05, 0.1) is 18.1 Å². The van der Waals surface area contributed by atoms with Gasteiger partial charge in [0.2, 0.25) is 0 Å². The average molecular weight is 342 g/mol. The minimum absolute atomic E-state index is 0.0223. The van der Waals surface area contributed by atoms with Crippen LogP contribution in [0.15, 0.2) is 18.2 Å². The van der Waals surface area contributed by atoms with Gasteiger partial charge in [0.1, 0.15) is 11.4 Å². The monoisotopic (exact) mass is 341 g/mol. The van der Waals surface area contributed by atoms with Gasteiger partial charge in [0.15, 0.2) is 5.82 Å². The molecule has 7 nitrogen and oxygen atoms in total. The molecular formula is C14H17ClFN5O2. The summed E-state index contributed by atoms with van der Waals surface area (Å²) < 4.78 is 20.0. The van der Waals surface area contributed by atoms with Crippen molar-refractivity contribution >= 4 is 17.7 Å². The number of rotatable bonds is 4. The van der Waals surface area contributed by atoms with Crippen molar-refractivity contribution in [1.29, 1.82) is 0 Å². The highest BCUT2D eigenvalue weighted by atomic mass is 35.5. The third-order valence-electron chi connectivity index (χ3n) is 2.75. The molecule has 124 valence electrons. The molecule has 1 aromatic heterocycles. The van der Waals surface area contributed by atoms with Gasteiger partial charge in [0.25, 0.3) is 0 Å². The molecule has 0 atom stereocenters. The van der Waals surface area contributed by atoms with Gasteiger partial charge in [-0.1, -0.05) is 23.7 Å². The van der Waals surface area contributed by atoms with Crippen LogP contribution in [0, 0.1) is 5.82 Å². The Morgan fingerprint density at radius 3 is 2.87 bits per heavy atom. The molecule has 9 heteroatoms. The highest BCUT2D eigenvalue weighted by Gasteiger charge is 2.17. The van der Waals surface area contributed by atoms with Crippen LogP contribution in [0.3, 0.4) is 0 Å². The maximum absolute atomic E-state index is 13.5. The van der Waals surface area contributed by atoms with Crippen molar-refractivity contribution in [2.24, 2.45) is 0 Å². The average Bonchev–Trinajstić information content (AvgIpc) is 2.87. The molecule has 0 radical (unpaired) electrons. The molecular weight excluding hydrogens is 325 g/mol. The Hall–Kier alpha value is -2.22. The summed E-state index contributed by atoms with van der Waals surface area (Å²) in [6.45, 7) is 5.57. The Kier molecular flexibility index (Phi) is 5.15. The summed E-state index contributed by atoms with van der Waals surface area (Å²) in [4.78, 5) is 11.6. The smallest absolute Gasteiger partial charge is 0.408 e. The molecule has 0 bridgehead atoms. The molecule has 2 aromatic rings. The lowest BCUT2D eigenvalue weighted by Crippen LogP contribution is -2.32. The van der Waals surface area contributed by atoms with Gasteiger partial charge in [-0.2, -0.15) is 0 Å². The number of alkyl carbamates (subject to hydrolysis) is 1. The number of hydrogen-bond donors (Lipinski definition) is 1. The second-order valence-corrected chi connectivity index (χ2v) is 6.20. The first-order valence-electron chi connectivity index (χ1n) is 6.91. The second kappa shape index (κ2) is 6.91. The van der Waals surface area contributed by atoms with Gasteiger partial charge in [-0.15, -0.1) is 5.10 Å². The molecule has 0 fully saturated rings. The van der Waals surface area contributed by atoms with Gasteiger partial charge < -0.3 is 10.1 Å². The summed E-state index contributed by atoms with van der Waals surface area (Å²) in [6.07, 6.45) is -0.573. The molecule has 1 N–H and O–H groups in total. The topological polar surface area (TPSA) is 81.9 Å². The standard InChI is InChI=1S/C14H17ClFN5O2/c1-14(2,3)23-13(22)17-7-11-18-19-20-21(11)8-9-5-4-6-10(16)12(9)15/h4-6H,7-8H2,1-3H3,(H,17,22). The summed E-state index contributed by atoms with van der Waals surface area (Å²) in [5, 5.41) is 13.8. The molecule has 1 heterocycles. The Morgan fingerprint density at radius 1 is 1.43 bits per heavy atom. The third-order valence-corrected chi connectivity index (χ3v) is 3.17. The van der Waals surface area contributed by atoms with Crippen molar-refractivity contribution in [1.82, 2.24) is 25.5 Å². The van der Waals surface area contributed by atoms with Crippen LogP contribution in [0.2, 0.25) is 5.02 Å². The van der Waals surface area contributed by atoms with Gasteiger partial charge in [-0.05, 0) is 42.8 Å². The van der Waals surface area contributed by atoms with E-state index >= 15 is 0 Å². The predicted molar refractivity (Wildman–Crippen MR) is 81.4 cm³/mol. The van der Waals surface area contributed by atoms with E-state index in [1.54, 1.807) is 32.9 Å². The third kappa shape index (κ3) is 4.88. The molecule has 0 saturated carbocycles. The number of halogens is 2. The Labute approximate surface area is 137 Å².